The second-order valence-electron chi connectivity index (χ2n) is 9.71. The summed E-state index contributed by atoms with van der Waals surface area (Å²) in [5.74, 6) is 0.368. The van der Waals surface area contributed by atoms with Gasteiger partial charge in [0.1, 0.15) is 11.3 Å². The molecule has 2 aromatic carbocycles. The number of hydrogen-bond donors (Lipinski definition) is 0. The van der Waals surface area contributed by atoms with Crippen molar-refractivity contribution in [1.82, 2.24) is 14.3 Å². The summed E-state index contributed by atoms with van der Waals surface area (Å²) >= 11 is 1.42. The molecule has 1 amide bonds. The van der Waals surface area contributed by atoms with E-state index in [1.807, 2.05) is 38.1 Å². The zero-order valence-corrected chi connectivity index (χ0v) is 24.0. The van der Waals surface area contributed by atoms with E-state index in [2.05, 4.69) is 4.98 Å². The fraction of sp³-hybridized carbons (Fsp3) is 0.345. The van der Waals surface area contributed by atoms with Crippen LogP contribution in [0, 0.1) is 6.92 Å². The lowest BCUT2D eigenvalue weighted by molar-refractivity contribution is 0.0985. The van der Waals surface area contributed by atoms with Crippen molar-refractivity contribution in [2.24, 2.45) is 0 Å². The average molecular weight is 565 g/mol. The first-order valence-electron chi connectivity index (χ1n) is 13.1. The quantitative estimate of drug-likeness (QED) is 0.268. The number of benzene rings is 2. The van der Waals surface area contributed by atoms with Crippen molar-refractivity contribution in [3.8, 4) is 5.75 Å². The van der Waals surface area contributed by atoms with Crippen LogP contribution in [0.2, 0.25) is 0 Å². The van der Waals surface area contributed by atoms with Crippen molar-refractivity contribution in [2.75, 3.05) is 18.6 Å². The van der Waals surface area contributed by atoms with Crippen molar-refractivity contribution in [3.05, 3.63) is 77.6 Å². The smallest absolute Gasteiger partial charge is 0.260 e. The van der Waals surface area contributed by atoms with Crippen LogP contribution in [0.3, 0.4) is 0 Å². The molecular weight excluding hydrogens is 532 g/mol. The maximum Gasteiger partial charge on any atom is 0.260 e. The predicted octanol–water partition coefficient (Wildman–Crippen LogP) is 5.81. The Hall–Kier alpha value is -3.34. The Bertz CT molecular complexity index is 1570. The molecule has 5 rings (SSSR count). The normalized spacial score (nSPS) is 16.3. The van der Waals surface area contributed by atoms with Crippen LogP contribution in [0.4, 0.5) is 5.13 Å². The number of nitrogens with zero attached hydrogens (tertiary/aromatic N) is 4. The van der Waals surface area contributed by atoms with Crippen LogP contribution in [0.5, 0.6) is 5.75 Å². The number of rotatable bonds is 8. The van der Waals surface area contributed by atoms with Crippen LogP contribution in [-0.2, 0) is 16.6 Å². The molecule has 1 unspecified atom stereocenters. The van der Waals surface area contributed by atoms with Gasteiger partial charge in [0.2, 0.25) is 10.0 Å². The van der Waals surface area contributed by atoms with Crippen LogP contribution >= 0.6 is 11.3 Å². The Balaban J connectivity index is 1.50. The second-order valence-corrected chi connectivity index (χ2v) is 12.6. The Labute approximate surface area is 233 Å². The highest BCUT2D eigenvalue weighted by Gasteiger charge is 2.33. The minimum absolute atomic E-state index is 0.0134. The van der Waals surface area contributed by atoms with Gasteiger partial charge in [-0.3, -0.25) is 14.7 Å². The van der Waals surface area contributed by atoms with Crippen molar-refractivity contribution in [2.45, 2.75) is 57.0 Å². The van der Waals surface area contributed by atoms with E-state index >= 15 is 0 Å². The highest BCUT2D eigenvalue weighted by atomic mass is 32.2. The lowest BCUT2D eigenvalue weighted by atomic mass is 10.0. The standard InChI is InChI=1S/C29H32N4O4S2/c1-4-23-9-5-6-17-33(23)39(35,36)24-13-11-22(12-14-24)28(34)32(19-21-8-7-16-30-18-21)29-31-26-25(37-3)15-10-20(2)27(26)38-29/h7-8,10-16,18,23H,4-6,9,17,19H2,1-3H3. The molecule has 0 bridgehead atoms. The first kappa shape index (κ1) is 27.2. The van der Waals surface area contributed by atoms with Gasteiger partial charge in [0.05, 0.1) is 23.2 Å². The predicted molar refractivity (Wildman–Crippen MR) is 154 cm³/mol. The lowest BCUT2D eigenvalue weighted by Crippen LogP contribution is -2.43. The topological polar surface area (TPSA) is 92.7 Å². The molecule has 39 heavy (non-hydrogen) atoms. The summed E-state index contributed by atoms with van der Waals surface area (Å²) in [7, 11) is -2.04. The molecule has 0 radical (unpaired) electrons. The second kappa shape index (κ2) is 11.4. The molecule has 1 atom stereocenters. The minimum Gasteiger partial charge on any atom is -0.494 e. The number of carbonyl (C=O) groups excluding carboxylic acids is 1. The van der Waals surface area contributed by atoms with Gasteiger partial charge in [-0.15, -0.1) is 0 Å². The van der Waals surface area contributed by atoms with E-state index < -0.39 is 10.0 Å². The van der Waals surface area contributed by atoms with Gasteiger partial charge >= 0.3 is 0 Å². The number of fused-ring (bicyclic) bond motifs is 1. The molecule has 0 spiro atoms. The molecular formula is C29H32N4O4S2. The van der Waals surface area contributed by atoms with Crippen molar-refractivity contribution in [3.63, 3.8) is 0 Å². The third kappa shape index (κ3) is 5.41. The van der Waals surface area contributed by atoms with Gasteiger partial charge in [0.15, 0.2) is 5.13 Å². The minimum atomic E-state index is -3.64. The van der Waals surface area contributed by atoms with Crippen LogP contribution in [0.1, 0.15) is 54.1 Å². The van der Waals surface area contributed by atoms with E-state index in [9.17, 15) is 13.2 Å². The summed E-state index contributed by atoms with van der Waals surface area (Å²) < 4.78 is 34.9. The van der Waals surface area contributed by atoms with E-state index in [1.54, 1.807) is 40.8 Å². The fourth-order valence-corrected chi connectivity index (χ4v) is 7.85. The molecule has 4 aromatic rings. The molecule has 2 aromatic heterocycles. The number of piperidine rings is 1. The number of thiazole rings is 1. The first-order valence-corrected chi connectivity index (χ1v) is 15.4. The van der Waals surface area contributed by atoms with E-state index in [0.29, 0.717) is 28.5 Å². The SMILES string of the molecule is CCC1CCCCN1S(=O)(=O)c1ccc(C(=O)N(Cc2cccnc2)c2nc3c(OC)ccc(C)c3s2)cc1. The summed E-state index contributed by atoms with van der Waals surface area (Å²) in [5.41, 5.74) is 2.98. The summed E-state index contributed by atoms with van der Waals surface area (Å²) in [6, 6.07) is 13.9. The van der Waals surface area contributed by atoms with Crippen LogP contribution in [0.15, 0.2) is 65.8 Å². The van der Waals surface area contributed by atoms with E-state index in [4.69, 9.17) is 9.72 Å². The largest absolute Gasteiger partial charge is 0.494 e. The van der Waals surface area contributed by atoms with Gasteiger partial charge in [-0.05, 0) is 73.7 Å². The maximum atomic E-state index is 13.9. The summed E-state index contributed by atoms with van der Waals surface area (Å²) in [6.07, 6.45) is 6.97. The molecule has 3 heterocycles. The number of sulfonamides is 1. The third-order valence-corrected chi connectivity index (χ3v) is 10.4. The summed E-state index contributed by atoms with van der Waals surface area (Å²) in [5, 5.41) is 0.530. The van der Waals surface area contributed by atoms with Gasteiger partial charge in [-0.25, -0.2) is 13.4 Å². The molecule has 1 aliphatic rings. The van der Waals surface area contributed by atoms with Gasteiger partial charge in [0.25, 0.3) is 5.91 Å². The number of anilines is 1. The Morgan fingerprint density at radius 3 is 2.64 bits per heavy atom. The first-order chi connectivity index (χ1) is 18.8. The zero-order valence-electron chi connectivity index (χ0n) is 22.3. The van der Waals surface area contributed by atoms with Crippen LogP contribution in [0.25, 0.3) is 10.2 Å². The molecule has 204 valence electrons. The lowest BCUT2D eigenvalue weighted by Gasteiger charge is -2.34. The number of methoxy groups -OCH3 is 1. The van der Waals surface area contributed by atoms with Crippen LogP contribution in [-0.4, -0.2) is 48.3 Å². The molecule has 8 nitrogen and oxygen atoms in total. The number of amides is 1. The third-order valence-electron chi connectivity index (χ3n) is 7.20. The van der Waals surface area contributed by atoms with Crippen LogP contribution < -0.4 is 9.64 Å². The number of pyridine rings is 1. The maximum absolute atomic E-state index is 13.9. The molecule has 10 heteroatoms. The van der Waals surface area contributed by atoms with Crippen molar-refractivity contribution < 1.29 is 17.9 Å². The molecule has 0 N–H and O–H groups in total. The molecule has 0 aliphatic carbocycles. The van der Waals surface area contributed by atoms with Crippen molar-refractivity contribution >= 4 is 42.6 Å². The van der Waals surface area contributed by atoms with E-state index in [1.165, 1.54) is 23.5 Å². The zero-order chi connectivity index (χ0) is 27.6. The van der Waals surface area contributed by atoms with Crippen molar-refractivity contribution in [1.29, 1.82) is 0 Å². The molecule has 1 aliphatic heterocycles. The van der Waals surface area contributed by atoms with Gasteiger partial charge < -0.3 is 4.74 Å². The number of ether oxygens (including phenoxy) is 1. The Morgan fingerprint density at radius 2 is 1.95 bits per heavy atom. The van der Waals surface area contributed by atoms with Gasteiger partial charge in [0, 0.05) is 30.5 Å². The summed E-state index contributed by atoms with van der Waals surface area (Å²) in [4.78, 5) is 24.7. The van der Waals surface area contributed by atoms with E-state index in [-0.39, 0.29) is 23.4 Å². The number of aryl methyl sites for hydroxylation is 1. The average Bonchev–Trinajstić information content (AvgIpc) is 3.42. The highest BCUT2D eigenvalue weighted by molar-refractivity contribution is 7.89. The Morgan fingerprint density at radius 1 is 1.15 bits per heavy atom. The monoisotopic (exact) mass is 564 g/mol. The number of aromatic nitrogens is 2. The number of carbonyl (C=O) groups is 1. The molecule has 0 saturated carbocycles. The van der Waals surface area contributed by atoms with Gasteiger partial charge in [-0.1, -0.05) is 36.8 Å². The Kier molecular flexibility index (Phi) is 7.97. The van der Waals surface area contributed by atoms with E-state index in [0.717, 1.165) is 41.5 Å². The number of hydrogen-bond acceptors (Lipinski definition) is 7. The summed E-state index contributed by atoms with van der Waals surface area (Å²) in [6.45, 7) is 4.82. The van der Waals surface area contributed by atoms with Gasteiger partial charge in [-0.2, -0.15) is 4.31 Å². The molecule has 1 fully saturated rings. The molecule has 1 saturated heterocycles. The highest BCUT2D eigenvalue weighted by Crippen LogP contribution is 2.37. The fourth-order valence-electron chi connectivity index (χ4n) is 5.04.